The molecule has 1 amide bonds. The SMILES string of the molecule is C=C(F)C(=O)N1CC[C@H](n2nnc3c(N4CC(C)(N(C)CC)C4)nc4c(F)c(-c5c(C)c(F)cc6[nH]ncc56)c(Cl)cc4c32)C[C@H]1CC#N. The first-order valence-corrected chi connectivity index (χ1v) is 16.4. The van der Waals surface area contributed by atoms with E-state index in [-0.39, 0.29) is 58.2 Å². The monoisotopic (exact) mass is 690 g/mol. The van der Waals surface area contributed by atoms with Gasteiger partial charge in [-0.15, -0.1) is 5.10 Å². The summed E-state index contributed by atoms with van der Waals surface area (Å²) in [5, 5.41) is 26.4. The summed E-state index contributed by atoms with van der Waals surface area (Å²) >= 11 is 6.91. The van der Waals surface area contributed by atoms with Crippen LogP contribution < -0.4 is 4.90 Å². The predicted molar refractivity (Wildman–Crippen MR) is 181 cm³/mol. The number of rotatable bonds is 7. The molecule has 5 aromatic rings. The fourth-order valence-corrected chi connectivity index (χ4v) is 7.75. The van der Waals surface area contributed by atoms with Gasteiger partial charge in [-0.05, 0) is 58.0 Å². The Morgan fingerprint density at radius 2 is 2.00 bits per heavy atom. The molecule has 0 saturated carbocycles. The van der Waals surface area contributed by atoms with Crippen LogP contribution in [0.5, 0.6) is 0 Å². The van der Waals surface area contributed by atoms with Gasteiger partial charge in [0.05, 0.1) is 40.8 Å². The number of fused-ring (bicyclic) bond motifs is 4. The van der Waals surface area contributed by atoms with Gasteiger partial charge in [0.25, 0.3) is 5.91 Å². The largest absolute Gasteiger partial charge is 0.351 e. The van der Waals surface area contributed by atoms with Crippen LogP contribution in [0, 0.1) is 29.9 Å². The van der Waals surface area contributed by atoms with Crippen molar-refractivity contribution in [2.75, 3.05) is 38.1 Å². The number of aromatic amines is 1. The van der Waals surface area contributed by atoms with Crippen LogP contribution in [0.4, 0.5) is 19.0 Å². The zero-order valence-corrected chi connectivity index (χ0v) is 28.2. The second-order valence-electron chi connectivity index (χ2n) is 13.3. The lowest BCUT2D eigenvalue weighted by molar-refractivity contribution is -0.132. The van der Waals surface area contributed by atoms with Gasteiger partial charge in [-0.25, -0.2) is 22.8 Å². The van der Waals surface area contributed by atoms with E-state index in [0.717, 1.165) is 6.54 Å². The van der Waals surface area contributed by atoms with E-state index in [0.29, 0.717) is 52.7 Å². The molecular weight excluding hydrogens is 657 g/mol. The fourth-order valence-electron chi connectivity index (χ4n) is 7.46. The summed E-state index contributed by atoms with van der Waals surface area (Å²) in [5.41, 5.74) is 1.69. The molecule has 2 saturated heterocycles. The molecule has 15 heteroatoms. The highest BCUT2D eigenvalue weighted by Gasteiger charge is 2.44. The zero-order chi connectivity index (χ0) is 34.9. The summed E-state index contributed by atoms with van der Waals surface area (Å²) < 4.78 is 47.9. The molecule has 2 fully saturated rings. The van der Waals surface area contributed by atoms with Crippen molar-refractivity contribution in [3.63, 3.8) is 0 Å². The molecule has 0 radical (unpaired) electrons. The first-order chi connectivity index (χ1) is 23.4. The summed E-state index contributed by atoms with van der Waals surface area (Å²) in [6.45, 7) is 11.2. The summed E-state index contributed by atoms with van der Waals surface area (Å²) in [6, 6.07) is 4.05. The van der Waals surface area contributed by atoms with Gasteiger partial charge in [0, 0.05) is 47.6 Å². The zero-order valence-electron chi connectivity index (χ0n) is 27.5. The quantitative estimate of drug-likeness (QED) is 0.200. The third-order valence-corrected chi connectivity index (χ3v) is 10.7. The van der Waals surface area contributed by atoms with E-state index >= 15 is 8.78 Å². The van der Waals surface area contributed by atoms with E-state index < -0.39 is 29.4 Å². The predicted octanol–water partition coefficient (Wildman–Crippen LogP) is 6.22. The summed E-state index contributed by atoms with van der Waals surface area (Å²) in [7, 11) is 2.05. The summed E-state index contributed by atoms with van der Waals surface area (Å²) in [4.78, 5) is 23.1. The molecule has 0 aliphatic carbocycles. The number of benzene rings is 2. The molecule has 2 aliphatic heterocycles. The minimum atomic E-state index is -1.09. The van der Waals surface area contributed by atoms with Crippen LogP contribution in [0.15, 0.2) is 30.7 Å². The Balaban J connectivity index is 1.44. The van der Waals surface area contributed by atoms with Gasteiger partial charge >= 0.3 is 0 Å². The third kappa shape index (κ3) is 5.09. The second kappa shape index (κ2) is 12.0. The molecule has 0 bridgehead atoms. The fraction of sp³-hybridized carbons (Fsp3) is 0.412. The number of carbonyl (C=O) groups excluding carboxylic acids is 1. The molecule has 49 heavy (non-hydrogen) atoms. The van der Waals surface area contributed by atoms with Gasteiger partial charge in [0.2, 0.25) is 0 Å². The molecular formula is C34H34ClF3N10O. The van der Waals surface area contributed by atoms with Crippen molar-refractivity contribution in [1.29, 1.82) is 5.26 Å². The Hall–Kier alpha value is -4.74. The minimum Gasteiger partial charge on any atom is -0.351 e. The standard InChI is InChI=1S/C34H34ClF3N10O/c1-6-45(5)34(4)15-46(16-34)32-30-31(48(44-43-30)20-8-10-47(33(49)18(3)36)19(11-20)7-9-39)21-12-23(35)27(28(38)29(21)41-32)26-17(2)24(37)13-25-22(26)14-40-42-25/h12-14,19-20H,3,6-8,10-11,15-16H2,1-2,4-5H3,(H,40,42)/t19-,20+/m1/s1. The number of likely N-dealkylation sites (N-methyl/N-ethyl adjacent to an activating group) is 1. The van der Waals surface area contributed by atoms with Gasteiger partial charge in [-0.2, -0.15) is 10.4 Å². The smallest absolute Gasteiger partial charge is 0.282 e. The van der Waals surface area contributed by atoms with Crippen LogP contribution in [0.1, 0.15) is 44.7 Å². The first kappa shape index (κ1) is 32.8. The van der Waals surface area contributed by atoms with Crippen LogP contribution in [-0.4, -0.2) is 90.7 Å². The van der Waals surface area contributed by atoms with Crippen LogP contribution in [0.3, 0.4) is 0 Å². The number of amides is 1. The lowest BCUT2D eigenvalue weighted by Crippen LogP contribution is -2.68. The molecule has 1 N–H and O–H groups in total. The molecule has 0 spiro atoms. The highest BCUT2D eigenvalue weighted by Crippen LogP contribution is 2.45. The molecule has 2 aliphatic rings. The number of pyridine rings is 1. The van der Waals surface area contributed by atoms with E-state index in [1.165, 1.54) is 17.2 Å². The van der Waals surface area contributed by atoms with Crippen molar-refractivity contribution >= 4 is 56.2 Å². The molecule has 254 valence electrons. The van der Waals surface area contributed by atoms with E-state index in [1.54, 1.807) is 17.7 Å². The maximum atomic E-state index is 17.1. The highest BCUT2D eigenvalue weighted by molar-refractivity contribution is 6.35. The van der Waals surface area contributed by atoms with Crippen molar-refractivity contribution < 1.29 is 18.0 Å². The number of aromatic nitrogens is 6. The maximum absolute atomic E-state index is 17.1. The number of piperidine rings is 1. The molecule has 2 atom stereocenters. The maximum Gasteiger partial charge on any atom is 0.282 e. The molecule has 0 unspecified atom stereocenters. The van der Waals surface area contributed by atoms with Crippen LogP contribution >= 0.6 is 11.6 Å². The number of nitrogens with one attached hydrogen (secondary N) is 1. The molecule has 2 aromatic carbocycles. The summed E-state index contributed by atoms with van der Waals surface area (Å²) in [5.74, 6) is -2.76. The average Bonchev–Trinajstić information content (AvgIpc) is 3.72. The van der Waals surface area contributed by atoms with Crippen molar-refractivity contribution in [2.45, 2.75) is 57.7 Å². The lowest BCUT2D eigenvalue weighted by atomic mass is 9.90. The number of carbonyl (C=O) groups is 1. The number of nitrogens with zero attached hydrogens (tertiary/aromatic N) is 9. The number of halogens is 4. The topological polar surface area (TPSA) is 123 Å². The van der Waals surface area contributed by atoms with E-state index in [9.17, 15) is 14.4 Å². The molecule has 5 heterocycles. The van der Waals surface area contributed by atoms with Gasteiger partial charge in [0.1, 0.15) is 16.9 Å². The molecule has 7 rings (SSSR count). The first-order valence-electron chi connectivity index (χ1n) is 16.1. The van der Waals surface area contributed by atoms with Crippen molar-refractivity contribution in [3.8, 4) is 17.2 Å². The lowest BCUT2D eigenvalue weighted by Gasteiger charge is -2.53. The van der Waals surface area contributed by atoms with E-state index in [2.05, 4.69) is 59.0 Å². The van der Waals surface area contributed by atoms with Crippen molar-refractivity contribution in [3.05, 3.63) is 53.0 Å². The average molecular weight is 691 g/mol. The van der Waals surface area contributed by atoms with Gasteiger partial charge in [-0.1, -0.05) is 30.3 Å². The number of likely N-dealkylation sites (tertiary alicyclic amines) is 1. The number of hydrogen-bond donors (Lipinski definition) is 1. The third-order valence-electron chi connectivity index (χ3n) is 10.4. The summed E-state index contributed by atoms with van der Waals surface area (Å²) in [6.07, 6.45) is 2.14. The Labute approximate surface area is 284 Å². The Morgan fingerprint density at radius 1 is 1.24 bits per heavy atom. The van der Waals surface area contributed by atoms with Crippen LogP contribution in [0.25, 0.3) is 44.0 Å². The number of H-pyrrole nitrogens is 1. The minimum absolute atomic E-state index is 0.000844. The number of nitriles is 1. The molecule has 3 aromatic heterocycles. The highest BCUT2D eigenvalue weighted by atomic mass is 35.5. The Bertz CT molecular complexity index is 2220. The van der Waals surface area contributed by atoms with Crippen molar-refractivity contribution in [1.82, 2.24) is 40.0 Å². The molecule has 11 nitrogen and oxygen atoms in total. The van der Waals surface area contributed by atoms with E-state index in [1.807, 2.05) is 4.90 Å². The van der Waals surface area contributed by atoms with Gasteiger partial charge in [0.15, 0.2) is 23.0 Å². The van der Waals surface area contributed by atoms with Crippen LogP contribution in [-0.2, 0) is 4.79 Å². The van der Waals surface area contributed by atoms with Crippen molar-refractivity contribution in [2.24, 2.45) is 0 Å². The normalized spacial score (nSPS) is 19.2. The van der Waals surface area contributed by atoms with Gasteiger partial charge in [-0.3, -0.25) is 14.8 Å². The number of hydrogen-bond acceptors (Lipinski definition) is 8. The Morgan fingerprint density at radius 3 is 2.69 bits per heavy atom. The number of anilines is 1. The second-order valence-corrected chi connectivity index (χ2v) is 13.7. The van der Waals surface area contributed by atoms with Gasteiger partial charge < -0.3 is 9.80 Å². The van der Waals surface area contributed by atoms with E-state index in [4.69, 9.17) is 16.6 Å². The van der Waals surface area contributed by atoms with Crippen LogP contribution in [0.2, 0.25) is 5.02 Å². The Kier molecular flexibility index (Phi) is 8.03.